The summed E-state index contributed by atoms with van der Waals surface area (Å²) in [6.07, 6.45) is 3.57. The van der Waals surface area contributed by atoms with Gasteiger partial charge in [-0.1, -0.05) is 80.1 Å². The molecule has 0 aromatic heterocycles. The number of aldehydes is 1. The fourth-order valence-electron chi connectivity index (χ4n) is 3.44. The van der Waals surface area contributed by atoms with Crippen LogP contribution in [0.25, 0.3) is 0 Å². The Kier molecular flexibility index (Phi) is 26.0. The second kappa shape index (κ2) is 27.0. The van der Waals surface area contributed by atoms with E-state index in [1.807, 2.05) is 48.5 Å². The molecule has 10 nitrogen and oxygen atoms in total. The summed E-state index contributed by atoms with van der Waals surface area (Å²) in [5.41, 5.74) is 10.8. The maximum absolute atomic E-state index is 11.1. The Morgan fingerprint density at radius 2 is 1.55 bits per heavy atom. The molecule has 0 aliphatic carbocycles. The largest absolute Gasteiger partial charge is 0.395 e. The predicted octanol–water partition coefficient (Wildman–Crippen LogP) is 2.11. The van der Waals surface area contributed by atoms with Crippen LogP contribution in [0.5, 0.6) is 0 Å². The zero-order valence-electron chi connectivity index (χ0n) is 24.2. The molecule has 3 unspecified atom stereocenters. The highest BCUT2D eigenvalue weighted by Gasteiger charge is 2.26. The highest BCUT2D eigenvalue weighted by atomic mass is 16.5. The van der Waals surface area contributed by atoms with Crippen LogP contribution in [-0.2, 0) is 30.5 Å². The normalized spacial score (nSPS) is 14.6. The van der Waals surface area contributed by atoms with E-state index in [-0.39, 0.29) is 43.4 Å². The third-order valence-corrected chi connectivity index (χ3v) is 5.68. The minimum atomic E-state index is 0.0303. The second-order valence-electron chi connectivity index (χ2n) is 9.09. The van der Waals surface area contributed by atoms with Crippen molar-refractivity contribution in [2.24, 2.45) is 23.3 Å². The molecule has 0 spiro atoms. The molecule has 1 saturated heterocycles. The Hall–Kier alpha value is -3.60. The lowest BCUT2D eigenvalue weighted by molar-refractivity contribution is -0.122. The van der Waals surface area contributed by atoms with E-state index < -0.39 is 0 Å². The number of aliphatic hydroxyl groups is 1. The van der Waals surface area contributed by atoms with Crippen molar-refractivity contribution in [2.75, 3.05) is 20.2 Å². The number of carbonyl (C=O) groups excluding carboxylic acids is 4. The van der Waals surface area contributed by atoms with Crippen LogP contribution in [0.1, 0.15) is 44.2 Å². The van der Waals surface area contributed by atoms with Crippen LogP contribution < -0.4 is 22.1 Å². The van der Waals surface area contributed by atoms with Gasteiger partial charge in [-0.25, -0.2) is 0 Å². The van der Waals surface area contributed by atoms with Crippen molar-refractivity contribution in [3.05, 3.63) is 71.8 Å². The number of benzene rings is 2. The van der Waals surface area contributed by atoms with Crippen molar-refractivity contribution in [1.29, 1.82) is 0 Å². The lowest BCUT2D eigenvalue weighted by Gasteiger charge is -2.19. The first-order chi connectivity index (χ1) is 19.2. The first-order valence-electron chi connectivity index (χ1n) is 13.2. The van der Waals surface area contributed by atoms with E-state index in [4.69, 9.17) is 19.4 Å². The highest BCUT2D eigenvalue weighted by Crippen LogP contribution is 2.15. The molecule has 2 aromatic rings. The van der Waals surface area contributed by atoms with Gasteiger partial charge in [0.05, 0.1) is 19.3 Å². The van der Waals surface area contributed by atoms with Gasteiger partial charge in [0.2, 0.25) is 18.7 Å². The van der Waals surface area contributed by atoms with Crippen molar-refractivity contribution in [1.82, 2.24) is 10.6 Å². The van der Waals surface area contributed by atoms with Crippen LogP contribution >= 0.6 is 0 Å². The Labute approximate surface area is 238 Å². The van der Waals surface area contributed by atoms with Gasteiger partial charge < -0.3 is 36.7 Å². The third kappa shape index (κ3) is 21.3. The summed E-state index contributed by atoms with van der Waals surface area (Å²) >= 11 is 0. The molecule has 2 aromatic carbocycles. The van der Waals surface area contributed by atoms with E-state index in [0.29, 0.717) is 18.9 Å². The van der Waals surface area contributed by atoms with E-state index >= 15 is 0 Å². The summed E-state index contributed by atoms with van der Waals surface area (Å²) in [6, 6.07) is 20.3. The van der Waals surface area contributed by atoms with Crippen LogP contribution in [0, 0.1) is 18.8 Å². The number of ether oxygens (including phenoxy) is 1. The Morgan fingerprint density at radius 3 is 1.90 bits per heavy atom. The molecule has 7 N–H and O–H groups in total. The molecular formula is C30H48N4O6. The van der Waals surface area contributed by atoms with E-state index in [0.717, 1.165) is 31.2 Å². The van der Waals surface area contributed by atoms with Gasteiger partial charge >= 0.3 is 0 Å². The van der Waals surface area contributed by atoms with Crippen molar-refractivity contribution in [2.45, 2.75) is 58.8 Å². The number of nitrogens with one attached hydrogen (secondary N) is 2. The van der Waals surface area contributed by atoms with Gasteiger partial charge in [-0.05, 0) is 38.3 Å². The van der Waals surface area contributed by atoms with E-state index in [1.54, 1.807) is 7.05 Å². The van der Waals surface area contributed by atoms with Crippen LogP contribution in [0.15, 0.2) is 60.7 Å². The standard InChI is InChI=1S/C13H18O2.C8H16N2O2.C7H8.2CH3NO/c1-11(2)13(8-9-14)15-10-12-6-4-3-5-7-12;1-9-7(5-11)4-6-2-3-10-8(6)12;1-7-5-3-2-4-6-7;2*2-1-3/h3-7,9,11,13H,8,10H2,1-2H3;6-7,9,11H,2-5H2,1H3,(H,10,12);2-6H,1H3;2*1H,(H2,2,3). The quantitative estimate of drug-likeness (QED) is 0.277. The van der Waals surface area contributed by atoms with Crippen molar-refractivity contribution in [3.63, 3.8) is 0 Å². The van der Waals surface area contributed by atoms with Gasteiger partial charge in [0.15, 0.2) is 0 Å². The first kappa shape index (κ1) is 38.5. The molecule has 0 radical (unpaired) electrons. The fourth-order valence-corrected chi connectivity index (χ4v) is 3.44. The van der Waals surface area contributed by atoms with Crippen LogP contribution in [-0.4, -0.2) is 62.5 Å². The number of nitrogens with two attached hydrogens (primary N) is 2. The summed E-state index contributed by atoms with van der Waals surface area (Å²) in [5.74, 6) is 0.595. The van der Waals surface area contributed by atoms with Crippen LogP contribution in [0.3, 0.4) is 0 Å². The summed E-state index contributed by atoms with van der Waals surface area (Å²) in [6.45, 7) is 7.68. The molecule has 1 heterocycles. The predicted molar refractivity (Wildman–Crippen MR) is 158 cm³/mol. The third-order valence-electron chi connectivity index (χ3n) is 5.68. The molecule has 10 heteroatoms. The van der Waals surface area contributed by atoms with Crippen molar-refractivity contribution in [3.8, 4) is 0 Å². The number of amides is 3. The lowest BCUT2D eigenvalue weighted by Crippen LogP contribution is -2.33. The average molecular weight is 561 g/mol. The molecule has 3 rings (SSSR count). The Morgan fingerprint density at radius 1 is 1.02 bits per heavy atom. The van der Waals surface area contributed by atoms with Crippen molar-refractivity contribution >= 4 is 25.0 Å². The molecule has 0 bridgehead atoms. The topological polar surface area (TPSA) is 174 Å². The number of hydrogen-bond acceptors (Lipinski definition) is 7. The molecule has 3 amide bonds. The zero-order chi connectivity index (χ0) is 30.6. The molecule has 224 valence electrons. The molecular weight excluding hydrogens is 512 g/mol. The molecule has 3 atom stereocenters. The maximum atomic E-state index is 11.1. The monoisotopic (exact) mass is 560 g/mol. The number of aliphatic hydroxyl groups excluding tert-OH is 1. The molecule has 40 heavy (non-hydrogen) atoms. The Bertz CT molecular complexity index is 874. The number of hydrogen-bond donors (Lipinski definition) is 5. The minimum Gasteiger partial charge on any atom is -0.395 e. The van der Waals surface area contributed by atoms with E-state index in [2.05, 4.69) is 55.0 Å². The SMILES string of the molecule is CC(C)C(CC=O)OCc1ccccc1.CNC(CO)CC1CCNC1=O.Cc1ccccc1.NC=O.NC=O. The number of rotatable bonds is 10. The highest BCUT2D eigenvalue weighted by molar-refractivity contribution is 5.80. The molecule has 1 aliphatic rings. The maximum Gasteiger partial charge on any atom is 0.223 e. The molecule has 1 fully saturated rings. The number of primary amides is 2. The second-order valence-corrected chi connectivity index (χ2v) is 9.09. The average Bonchev–Trinajstić information content (AvgIpc) is 3.36. The zero-order valence-corrected chi connectivity index (χ0v) is 24.2. The smallest absolute Gasteiger partial charge is 0.223 e. The molecule has 0 saturated carbocycles. The van der Waals surface area contributed by atoms with Gasteiger partial charge in [0.1, 0.15) is 6.29 Å². The number of carbonyl (C=O) groups is 4. The van der Waals surface area contributed by atoms with Crippen LogP contribution in [0.4, 0.5) is 0 Å². The fraction of sp³-hybridized carbons (Fsp3) is 0.467. The lowest BCUT2D eigenvalue weighted by atomic mass is 9.99. The number of likely N-dealkylation sites (N-methyl/N-ethyl adjacent to an activating group) is 1. The van der Waals surface area contributed by atoms with Gasteiger partial charge in [-0.3, -0.25) is 14.4 Å². The van der Waals surface area contributed by atoms with Gasteiger partial charge in [0, 0.05) is 24.9 Å². The van der Waals surface area contributed by atoms with Gasteiger partial charge in [0.25, 0.3) is 0 Å². The minimum absolute atomic E-state index is 0.0303. The summed E-state index contributed by atoms with van der Waals surface area (Å²) in [4.78, 5) is 38.7. The first-order valence-corrected chi connectivity index (χ1v) is 13.2. The number of aryl methyl sites for hydroxylation is 1. The summed E-state index contributed by atoms with van der Waals surface area (Å²) < 4.78 is 5.70. The summed E-state index contributed by atoms with van der Waals surface area (Å²) in [5, 5.41) is 14.6. The molecule has 1 aliphatic heterocycles. The Balaban J connectivity index is 0. The van der Waals surface area contributed by atoms with Crippen molar-refractivity contribution < 1.29 is 29.0 Å². The van der Waals surface area contributed by atoms with E-state index in [1.165, 1.54) is 5.56 Å². The summed E-state index contributed by atoms with van der Waals surface area (Å²) in [7, 11) is 1.80. The van der Waals surface area contributed by atoms with Crippen LogP contribution in [0.2, 0.25) is 0 Å². The van der Waals surface area contributed by atoms with E-state index in [9.17, 15) is 9.59 Å². The van der Waals surface area contributed by atoms with Gasteiger partial charge in [-0.2, -0.15) is 0 Å². The van der Waals surface area contributed by atoms with Gasteiger partial charge in [-0.15, -0.1) is 0 Å².